The molecule has 1 aromatic heterocycles. The Labute approximate surface area is 111 Å². The summed E-state index contributed by atoms with van der Waals surface area (Å²) in [6.07, 6.45) is 3.59. The zero-order valence-corrected chi connectivity index (χ0v) is 10.7. The van der Waals surface area contributed by atoms with E-state index in [1.807, 2.05) is 29.0 Å². The quantitative estimate of drug-likeness (QED) is 0.780. The number of aromatic nitrogens is 2. The Morgan fingerprint density at radius 2 is 1.95 bits per heavy atom. The number of imidazole rings is 1. The van der Waals surface area contributed by atoms with Crippen molar-refractivity contribution >= 4 is 16.7 Å². The van der Waals surface area contributed by atoms with Crippen molar-refractivity contribution in [3.05, 3.63) is 54.4 Å². The van der Waals surface area contributed by atoms with Crippen molar-refractivity contribution in [1.82, 2.24) is 9.55 Å². The van der Waals surface area contributed by atoms with Crippen LogP contribution in [-0.2, 0) is 6.54 Å². The van der Waals surface area contributed by atoms with Gasteiger partial charge in [0.1, 0.15) is 5.75 Å². The van der Waals surface area contributed by atoms with Crippen molar-refractivity contribution in [2.45, 2.75) is 6.54 Å². The van der Waals surface area contributed by atoms with Gasteiger partial charge in [-0.2, -0.15) is 0 Å². The standard InChI is InChI=1S/C15H15N3O/c1-19-14-7-6-11(10-18-9-8-17-15(18)16)12-4-2-3-5-13(12)14/h2-9H,10H2,1H3,(H2,16,17). The number of hydrogen-bond donors (Lipinski definition) is 1. The number of ether oxygens (including phenoxy) is 1. The first-order valence-corrected chi connectivity index (χ1v) is 6.11. The molecule has 0 aliphatic carbocycles. The maximum Gasteiger partial charge on any atom is 0.200 e. The number of anilines is 1. The Balaban J connectivity index is 2.12. The third kappa shape index (κ3) is 2.01. The normalized spacial score (nSPS) is 10.8. The van der Waals surface area contributed by atoms with Crippen LogP contribution in [0.1, 0.15) is 5.56 Å². The summed E-state index contributed by atoms with van der Waals surface area (Å²) in [6, 6.07) is 12.3. The van der Waals surface area contributed by atoms with E-state index in [0.717, 1.165) is 11.1 Å². The molecule has 0 bridgehead atoms. The number of hydrogen-bond acceptors (Lipinski definition) is 3. The van der Waals surface area contributed by atoms with Gasteiger partial charge in [-0.05, 0) is 17.0 Å². The molecule has 0 saturated heterocycles. The Kier molecular flexibility index (Phi) is 2.83. The Morgan fingerprint density at radius 3 is 2.63 bits per heavy atom. The van der Waals surface area contributed by atoms with Crippen LogP contribution in [0.25, 0.3) is 10.8 Å². The molecule has 0 fully saturated rings. The first kappa shape index (κ1) is 11.6. The van der Waals surface area contributed by atoms with Crippen molar-refractivity contribution in [2.75, 3.05) is 12.8 Å². The second kappa shape index (κ2) is 4.65. The molecule has 0 unspecified atom stereocenters. The summed E-state index contributed by atoms with van der Waals surface area (Å²) in [7, 11) is 1.69. The van der Waals surface area contributed by atoms with Crippen LogP contribution in [0, 0.1) is 0 Å². The predicted molar refractivity (Wildman–Crippen MR) is 76.2 cm³/mol. The molecule has 4 heteroatoms. The van der Waals surface area contributed by atoms with Gasteiger partial charge >= 0.3 is 0 Å². The Bertz CT molecular complexity index is 718. The van der Waals surface area contributed by atoms with Gasteiger partial charge < -0.3 is 15.0 Å². The van der Waals surface area contributed by atoms with Crippen LogP contribution < -0.4 is 10.5 Å². The number of rotatable bonds is 3. The van der Waals surface area contributed by atoms with E-state index < -0.39 is 0 Å². The van der Waals surface area contributed by atoms with Gasteiger partial charge in [0.2, 0.25) is 0 Å². The summed E-state index contributed by atoms with van der Waals surface area (Å²) >= 11 is 0. The lowest BCUT2D eigenvalue weighted by Crippen LogP contribution is -2.04. The topological polar surface area (TPSA) is 53.1 Å². The minimum absolute atomic E-state index is 0.528. The number of nitrogen functional groups attached to an aromatic ring is 1. The van der Waals surface area contributed by atoms with Gasteiger partial charge in [-0.3, -0.25) is 0 Å². The summed E-state index contributed by atoms with van der Waals surface area (Å²) < 4.78 is 7.32. The molecule has 4 nitrogen and oxygen atoms in total. The Morgan fingerprint density at radius 1 is 1.16 bits per heavy atom. The fourth-order valence-corrected chi connectivity index (χ4v) is 2.31. The number of nitrogens with zero attached hydrogens (tertiary/aromatic N) is 2. The largest absolute Gasteiger partial charge is 0.496 e. The van der Waals surface area contributed by atoms with Crippen molar-refractivity contribution in [2.24, 2.45) is 0 Å². The molecule has 0 spiro atoms. The molecule has 0 saturated carbocycles. The Hall–Kier alpha value is -2.49. The van der Waals surface area contributed by atoms with Crippen molar-refractivity contribution in [3.63, 3.8) is 0 Å². The summed E-state index contributed by atoms with van der Waals surface area (Å²) in [6.45, 7) is 0.705. The van der Waals surface area contributed by atoms with E-state index in [9.17, 15) is 0 Å². The highest BCUT2D eigenvalue weighted by molar-refractivity contribution is 5.91. The van der Waals surface area contributed by atoms with Crippen LogP contribution >= 0.6 is 0 Å². The average molecular weight is 253 g/mol. The highest BCUT2D eigenvalue weighted by Crippen LogP contribution is 2.28. The average Bonchev–Trinajstić information content (AvgIpc) is 2.85. The molecular formula is C15H15N3O. The van der Waals surface area contributed by atoms with Crippen LogP contribution in [0.2, 0.25) is 0 Å². The first-order valence-electron chi connectivity index (χ1n) is 6.11. The molecule has 3 aromatic rings. The van der Waals surface area contributed by atoms with Gasteiger partial charge in [0.15, 0.2) is 5.95 Å². The third-order valence-electron chi connectivity index (χ3n) is 3.28. The van der Waals surface area contributed by atoms with E-state index in [-0.39, 0.29) is 0 Å². The summed E-state index contributed by atoms with van der Waals surface area (Å²) in [5.74, 6) is 1.41. The first-order chi connectivity index (χ1) is 9.29. The molecule has 3 rings (SSSR count). The zero-order valence-electron chi connectivity index (χ0n) is 10.7. The number of benzene rings is 2. The number of nitrogens with two attached hydrogens (primary N) is 1. The smallest absolute Gasteiger partial charge is 0.200 e. The molecule has 1 heterocycles. The van der Waals surface area contributed by atoms with Crippen molar-refractivity contribution in [1.29, 1.82) is 0 Å². The summed E-state index contributed by atoms with van der Waals surface area (Å²) in [5.41, 5.74) is 7.01. The van der Waals surface area contributed by atoms with Gasteiger partial charge in [-0.25, -0.2) is 4.98 Å². The molecule has 0 atom stereocenters. The maximum absolute atomic E-state index is 5.82. The van der Waals surface area contributed by atoms with Gasteiger partial charge in [0.25, 0.3) is 0 Å². The van der Waals surface area contributed by atoms with E-state index in [1.54, 1.807) is 13.3 Å². The van der Waals surface area contributed by atoms with Crippen LogP contribution in [0.4, 0.5) is 5.95 Å². The van der Waals surface area contributed by atoms with Gasteiger partial charge in [-0.1, -0.05) is 30.3 Å². The van der Waals surface area contributed by atoms with Crippen LogP contribution in [0.15, 0.2) is 48.8 Å². The zero-order chi connectivity index (χ0) is 13.2. The fraction of sp³-hybridized carbons (Fsp3) is 0.133. The second-order valence-electron chi connectivity index (χ2n) is 4.39. The lowest BCUT2D eigenvalue weighted by atomic mass is 10.0. The fourth-order valence-electron chi connectivity index (χ4n) is 2.31. The molecular weight excluding hydrogens is 238 g/mol. The van der Waals surface area contributed by atoms with Crippen LogP contribution in [0.5, 0.6) is 5.75 Å². The van der Waals surface area contributed by atoms with Gasteiger partial charge in [0.05, 0.1) is 13.7 Å². The minimum atomic E-state index is 0.528. The van der Waals surface area contributed by atoms with Crippen LogP contribution in [0.3, 0.4) is 0 Å². The maximum atomic E-state index is 5.82. The second-order valence-corrected chi connectivity index (χ2v) is 4.39. The van der Waals surface area contributed by atoms with Gasteiger partial charge in [-0.15, -0.1) is 0 Å². The monoisotopic (exact) mass is 253 g/mol. The third-order valence-corrected chi connectivity index (χ3v) is 3.28. The van der Waals surface area contributed by atoms with E-state index in [1.165, 1.54) is 10.9 Å². The lowest BCUT2D eigenvalue weighted by Gasteiger charge is -2.11. The number of methoxy groups -OCH3 is 1. The van der Waals surface area contributed by atoms with Gasteiger partial charge in [0, 0.05) is 17.8 Å². The predicted octanol–water partition coefficient (Wildman–Crippen LogP) is 2.68. The van der Waals surface area contributed by atoms with E-state index in [4.69, 9.17) is 10.5 Å². The summed E-state index contributed by atoms with van der Waals surface area (Å²) in [5, 5.41) is 2.29. The minimum Gasteiger partial charge on any atom is -0.496 e. The molecule has 0 amide bonds. The van der Waals surface area contributed by atoms with Crippen molar-refractivity contribution < 1.29 is 4.74 Å². The van der Waals surface area contributed by atoms with Crippen molar-refractivity contribution in [3.8, 4) is 5.75 Å². The highest BCUT2D eigenvalue weighted by Gasteiger charge is 2.07. The van der Waals surface area contributed by atoms with E-state index in [2.05, 4.69) is 23.2 Å². The molecule has 19 heavy (non-hydrogen) atoms. The lowest BCUT2D eigenvalue weighted by molar-refractivity contribution is 0.419. The molecule has 2 N–H and O–H groups in total. The SMILES string of the molecule is COc1ccc(Cn2ccnc2N)c2ccccc12. The molecule has 0 aliphatic rings. The summed E-state index contributed by atoms with van der Waals surface area (Å²) in [4.78, 5) is 4.04. The molecule has 0 aliphatic heterocycles. The number of fused-ring (bicyclic) bond motifs is 1. The highest BCUT2D eigenvalue weighted by atomic mass is 16.5. The van der Waals surface area contributed by atoms with E-state index >= 15 is 0 Å². The van der Waals surface area contributed by atoms with E-state index in [0.29, 0.717) is 12.5 Å². The molecule has 0 radical (unpaired) electrons. The van der Waals surface area contributed by atoms with Crippen LogP contribution in [-0.4, -0.2) is 16.7 Å². The molecule has 96 valence electrons. The molecule has 2 aromatic carbocycles.